The number of benzene rings is 1. The lowest BCUT2D eigenvalue weighted by Crippen LogP contribution is -2.16. The Morgan fingerprint density at radius 1 is 1.12 bits per heavy atom. The summed E-state index contributed by atoms with van der Waals surface area (Å²) in [5.41, 5.74) is 2.67. The number of hydrogen-bond donors (Lipinski definition) is 2. The Balaban J connectivity index is 2.30. The smallest absolute Gasteiger partial charge is 0.266 e. The summed E-state index contributed by atoms with van der Waals surface area (Å²) in [5, 5.41) is 3.20. The third-order valence-corrected chi connectivity index (χ3v) is 4.90. The molecule has 1 aromatic heterocycles. The van der Waals surface area contributed by atoms with Crippen molar-refractivity contribution in [1.82, 2.24) is 4.98 Å². The van der Waals surface area contributed by atoms with Crippen molar-refractivity contribution in [2.45, 2.75) is 38.6 Å². The summed E-state index contributed by atoms with van der Waals surface area (Å²) < 4.78 is 33.0. The molecule has 130 valence electrons. The number of anilines is 2. The summed E-state index contributed by atoms with van der Waals surface area (Å²) in [7, 11) is -2.34. The molecule has 0 aliphatic heterocycles. The topological polar surface area (TPSA) is 80.3 Å². The lowest BCUT2D eigenvalue weighted by molar-refractivity contribution is 0.402. The zero-order valence-electron chi connectivity index (χ0n) is 14.5. The second-order valence-corrected chi connectivity index (χ2v) is 7.57. The molecule has 1 heterocycles. The van der Waals surface area contributed by atoms with Crippen molar-refractivity contribution in [3.05, 3.63) is 41.6 Å². The van der Waals surface area contributed by atoms with Gasteiger partial charge in [-0.1, -0.05) is 0 Å². The fourth-order valence-corrected chi connectivity index (χ4v) is 3.44. The molecule has 0 unspecified atom stereocenters. The summed E-state index contributed by atoms with van der Waals surface area (Å²) in [6.45, 7) is 7.80. The fourth-order valence-electron chi connectivity index (χ4n) is 2.20. The largest absolute Gasteiger partial charge is 0.495 e. The van der Waals surface area contributed by atoms with Crippen LogP contribution in [0.5, 0.6) is 5.75 Å². The van der Waals surface area contributed by atoms with E-state index in [1.54, 1.807) is 30.5 Å². The van der Waals surface area contributed by atoms with Crippen molar-refractivity contribution >= 4 is 21.5 Å². The number of pyridine rings is 1. The van der Waals surface area contributed by atoms with E-state index in [0.29, 0.717) is 5.75 Å². The number of nitrogens with zero attached hydrogens (tertiary/aromatic N) is 1. The van der Waals surface area contributed by atoms with Crippen LogP contribution >= 0.6 is 0 Å². The van der Waals surface area contributed by atoms with Gasteiger partial charge in [-0.2, -0.15) is 0 Å². The van der Waals surface area contributed by atoms with Crippen molar-refractivity contribution in [2.24, 2.45) is 0 Å². The molecule has 0 amide bonds. The van der Waals surface area contributed by atoms with Crippen LogP contribution in [0.15, 0.2) is 35.4 Å². The molecular weight excluding hydrogens is 326 g/mol. The number of aromatic nitrogens is 1. The van der Waals surface area contributed by atoms with Gasteiger partial charge in [-0.15, -0.1) is 0 Å². The van der Waals surface area contributed by atoms with Gasteiger partial charge in [-0.3, -0.25) is 4.72 Å². The first-order valence-electron chi connectivity index (χ1n) is 7.63. The molecule has 0 fully saturated rings. The summed E-state index contributed by atoms with van der Waals surface area (Å²) in [6.07, 6.45) is 1.59. The number of ether oxygens (including phenoxy) is 1. The van der Waals surface area contributed by atoms with Crippen molar-refractivity contribution in [1.29, 1.82) is 0 Å². The zero-order valence-corrected chi connectivity index (χ0v) is 15.4. The highest BCUT2D eigenvalue weighted by atomic mass is 32.2. The van der Waals surface area contributed by atoms with Crippen LogP contribution in [0.25, 0.3) is 0 Å². The SMILES string of the molecule is COc1cc(C)c(C)cc1S(=O)(=O)Nc1ccc(NC(C)C)cn1. The summed E-state index contributed by atoms with van der Waals surface area (Å²) in [6, 6.07) is 6.99. The molecule has 0 spiro atoms. The third-order valence-electron chi connectivity index (χ3n) is 3.53. The molecule has 0 aliphatic rings. The number of rotatable bonds is 6. The standard InChI is InChI=1S/C17H23N3O3S/c1-11(2)19-14-6-7-17(18-10-14)20-24(21,22)16-9-13(4)12(3)8-15(16)23-5/h6-11,19H,1-5H3,(H,18,20). The molecule has 2 rings (SSSR count). The van der Waals surface area contributed by atoms with Crippen LogP contribution in [0.4, 0.5) is 11.5 Å². The minimum Gasteiger partial charge on any atom is -0.495 e. The molecule has 0 radical (unpaired) electrons. The first kappa shape index (κ1) is 18.1. The van der Waals surface area contributed by atoms with E-state index in [9.17, 15) is 8.42 Å². The average molecular weight is 349 g/mol. The Labute approximate surface area is 143 Å². The highest BCUT2D eigenvalue weighted by molar-refractivity contribution is 7.92. The van der Waals surface area contributed by atoms with Gasteiger partial charge in [0, 0.05) is 6.04 Å². The van der Waals surface area contributed by atoms with Gasteiger partial charge >= 0.3 is 0 Å². The molecule has 2 N–H and O–H groups in total. The maximum atomic E-state index is 12.7. The van der Waals surface area contributed by atoms with Crippen molar-refractivity contribution in [2.75, 3.05) is 17.1 Å². The van der Waals surface area contributed by atoms with Crippen LogP contribution in [0.2, 0.25) is 0 Å². The zero-order chi connectivity index (χ0) is 17.9. The van der Waals surface area contributed by atoms with Crippen LogP contribution in [0.3, 0.4) is 0 Å². The van der Waals surface area contributed by atoms with Gasteiger partial charge in [0.15, 0.2) is 0 Å². The van der Waals surface area contributed by atoms with Crippen LogP contribution in [-0.4, -0.2) is 26.6 Å². The second kappa shape index (κ2) is 7.09. The molecule has 0 saturated heterocycles. The molecule has 24 heavy (non-hydrogen) atoms. The van der Waals surface area contributed by atoms with E-state index in [1.165, 1.54) is 7.11 Å². The van der Waals surface area contributed by atoms with E-state index >= 15 is 0 Å². The quantitative estimate of drug-likeness (QED) is 0.836. The summed E-state index contributed by atoms with van der Waals surface area (Å²) in [4.78, 5) is 4.24. The van der Waals surface area contributed by atoms with E-state index in [1.807, 2.05) is 27.7 Å². The lowest BCUT2D eigenvalue weighted by atomic mass is 10.1. The normalized spacial score (nSPS) is 11.4. The van der Waals surface area contributed by atoms with E-state index < -0.39 is 10.0 Å². The van der Waals surface area contributed by atoms with Gasteiger partial charge in [-0.05, 0) is 63.1 Å². The van der Waals surface area contributed by atoms with E-state index in [4.69, 9.17) is 4.74 Å². The molecule has 0 bridgehead atoms. The first-order chi connectivity index (χ1) is 11.2. The van der Waals surface area contributed by atoms with Crippen LogP contribution in [0, 0.1) is 13.8 Å². The molecule has 2 aromatic rings. The van der Waals surface area contributed by atoms with Gasteiger partial charge in [0.2, 0.25) is 0 Å². The highest BCUT2D eigenvalue weighted by Gasteiger charge is 2.21. The number of nitrogens with one attached hydrogen (secondary N) is 2. The Morgan fingerprint density at radius 3 is 2.33 bits per heavy atom. The van der Waals surface area contributed by atoms with Crippen molar-refractivity contribution < 1.29 is 13.2 Å². The molecule has 7 heteroatoms. The van der Waals surface area contributed by atoms with Crippen LogP contribution in [-0.2, 0) is 10.0 Å². The molecule has 1 aromatic carbocycles. The van der Waals surface area contributed by atoms with Crippen molar-refractivity contribution in [3.8, 4) is 5.75 Å². The summed E-state index contributed by atoms with van der Waals surface area (Å²) >= 11 is 0. The van der Waals surface area contributed by atoms with Gasteiger partial charge in [0.05, 0.1) is 19.0 Å². The third kappa shape index (κ3) is 4.17. The van der Waals surface area contributed by atoms with Gasteiger partial charge in [0.1, 0.15) is 16.5 Å². The molecule has 0 atom stereocenters. The Hall–Kier alpha value is -2.28. The number of aryl methyl sites for hydroxylation is 2. The predicted molar refractivity (Wildman–Crippen MR) is 96.3 cm³/mol. The monoisotopic (exact) mass is 349 g/mol. The maximum absolute atomic E-state index is 12.7. The molecule has 6 nitrogen and oxygen atoms in total. The van der Waals surface area contributed by atoms with Gasteiger partial charge in [-0.25, -0.2) is 13.4 Å². The molecule has 0 saturated carbocycles. The maximum Gasteiger partial charge on any atom is 0.266 e. The van der Waals surface area contributed by atoms with Crippen LogP contribution < -0.4 is 14.8 Å². The second-order valence-electron chi connectivity index (χ2n) is 5.92. The Morgan fingerprint density at radius 2 is 1.79 bits per heavy atom. The molecule has 0 aliphatic carbocycles. The highest BCUT2D eigenvalue weighted by Crippen LogP contribution is 2.28. The minimum absolute atomic E-state index is 0.0966. The van der Waals surface area contributed by atoms with Gasteiger partial charge in [0.25, 0.3) is 10.0 Å². The molecular formula is C17H23N3O3S. The number of methoxy groups -OCH3 is 1. The Bertz CT molecular complexity index is 816. The number of hydrogen-bond acceptors (Lipinski definition) is 5. The van der Waals surface area contributed by atoms with E-state index in [0.717, 1.165) is 16.8 Å². The minimum atomic E-state index is -3.79. The van der Waals surface area contributed by atoms with Gasteiger partial charge < -0.3 is 10.1 Å². The Kier molecular flexibility index (Phi) is 5.33. The van der Waals surface area contributed by atoms with Crippen LogP contribution in [0.1, 0.15) is 25.0 Å². The number of sulfonamides is 1. The first-order valence-corrected chi connectivity index (χ1v) is 9.12. The van der Waals surface area contributed by atoms with E-state index in [-0.39, 0.29) is 16.8 Å². The van der Waals surface area contributed by atoms with E-state index in [2.05, 4.69) is 15.0 Å². The average Bonchev–Trinajstić information content (AvgIpc) is 2.50. The summed E-state index contributed by atoms with van der Waals surface area (Å²) in [5.74, 6) is 0.563. The fraction of sp³-hybridized carbons (Fsp3) is 0.353. The lowest BCUT2D eigenvalue weighted by Gasteiger charge is -2.14. The predicted octanol–water partition coefficient (Wildman–Crippen LogP) is 3.33. The van der Waals surface area contributed by atoms with Crippen molar-refractivity contribution in [3.63, 3.8) is 0 Å².